The monoisotopic (exact) mass is 265 g/mol. The number of carbonyl (C=O) groups excluding carboxylic acids is 1. The van der Waals surface area contributed by atoms with Crippen molar-refractivity contribution < 1.29 is 9.53 Å². The van der Waals surface area contributed by atoms with Crippen molar-refractivity contribution in [2.75, 3.05) is 18.6 Å². The first-order valence-corrected chi connectivity index (χ1v) is 6.15. The number of rotatable bonds is 3. The number of hydrogen-bond acceptors (Lipinski definition) is 5. The molecule has 6 heteroatoms. The fraction of sp³-hybridized carbons (Fsp3) is 0.417. The Morgan fingerprint density at radius 3 is 3.11 bits per heavy atom. The van der Waals surface area contributed by atoms with Gasteiger partial charge < -0.3 is 15.4 Å². The summed E-state index contributed by atoms with van der Waals surface area (Å²) in [6.45, 7) is 0.779. The van der Waals surface area contributed by atoms with Crippen LogP contribution in [0.5, 0.6) is 0 Å². The summed E-state index contributed by atoms with van der Waals surface area (Å²) >= 11 is 4.99. The molecule has 0 spiro atoms. The number of nitrogens with two attached hydrogens (primary N) is 1. The minimum atomic E-state index is -0.271. The van der Waals surface area contributed by atoms with Gasteiger partial charge in [-0.25, -0.2) is 4.79 Å². The van der Waals surface area contributed by atoms with E-state index in [4.69, 9.17) is 22.7 Å². The summed E-state index contributed by atoms with van der Waals surface area (Å²) in [7, 11) is 1.40. The van der Waals surface area contributed by atoms with E-state index in [9.17, 15) is 4.79 Å². The van der Waals surface area contributed by atoms with Crippen LogP contribution in [0.15, 0.2) is 18.3 Å². The Bertz CT molecular complexity index is 478. The predicted molar refractivity (Wildman–Crippen MR) is 72.5 cm³/mol. The summed E-state index contributed by atoms with van der Waals surface area (Å²) < 4.78 is 4.82. The van der Waals surface area contributed by atoms with Gasteiger partial charge in [-0.15, -0.1) is 0 Å². The van der Waals surface area contributed by atoms with Gasteiger partial charge in [-0.1, -0.05) is 12.2 Å². The van der Waals surface area contributed by atoms with Crippen LogP contribution >= 0.6 is 12.2 Å². The van der Waals surface area contributed by atoms with E-state index >= 15 is 0 Å². The SMILES string of the molecule is COC(=O)C1CCCN1c1cccnc1C(N)=S. The molecule has 2 heterocycles. The Morgan fingerprint density at radius 2 is 2.44 bits per heavy atom. The van der Waals surface area contributed by atoms with Crippen LogP contribution in [0.3, 0.4) is 0 Å². The molecular weight excluding hydrogens is 250 g/mol. The molecule has 1 fully saturated rings. The molecule has 2 N–H and O–H groups in total. The van der Waals surface area contributed by atoms with E-state index in [1.807, 2.05) is 17.0 Å². The van der Waals surface area contributed by atoms with Crippen molar-refractivity contribution in [3.8, 4) is 0 Å². The number of esters is 1. The average Bonchev–Trinajstić information content (AvgIpc) is 2.86. The van der Waals surface area contributed by atoms with Crippen LogP contribution in [-0.4, -0.2) is 35.6 Å². The van der Waals surface area contributed by atoms with Crippen LogP contribution in [0, 0.1) is 0 Å². The third kappa shape index (κ3) is 2.28. The minimum Gasteiger partial charge on any atom is -0.467 e. The third-order valence-corrected chi connectivity index (χ3v) is 3.25. The lowest BCUT2D eigenvalue weighted by Crippen LogP contribution is -2.38. The summed E-state index contributed by atoms with van der Waals surface area (Å²) in [5.74, 6) is -0.231. The molecule has 1 saturated heterocycles. The molecule has 2 rings (SSSR count). The largest absolute Gasteiger partial charge is 0.467 e. The maximum Gasteiger partial charge on any atom is 0.328 e. The zero-order valence-corrected chi connectivity index (χ0v) is 10.9. The van der Waals surface area contributed by atoms with Gasteiger partial charge in [0.25, 0.3) is 0 Å². The van der Waals surface area contributed by atoms with E-state index < -0.39 is 0 Å². The van der Waals surface area contributed by atoms with Crippen molar-refractivity contribution in [2.45, 2.75) is 18.9 Å². The summed E-state index contributed by atoms with van der Waals surface area (Å²) in [4.78, 5) is 18.1. The van der Waals surface area contributed by atoms with E-state index in [1.54, 1.807) is 6.20 Å². The first-order chi connectivity index (χ1) is 8.65. The van der Waals surface area contributed by atoms with Crippen molar-refractivity contribution >= 4 is 28.9 Å². The molecule has 0 radical (unpaired) electrons. The van der Waals surface area contributed by atoms with E-state index in [1.165, 1.54) is 7.11 Å². The molecule has 1 atom stereocenters. The quantitative estimate of drug-likeness (QED) is 0.645. The highest BCUT2D eigenvalue weighted by Gasteiger charge is 2.33. The highest BCUT2D eigenvalue weighted by atomic mass is 32.1. The molecule has 0 aliphatic carbocycles. The van der Waals surface area contributed by atoms with Crippen molar-refractivity contribution in [1.29, 1.82) is 0 Å². The first kappa shape index (κ1) is 12.8. The summed E-state index contributed by atoms with van der Waals surface area (Å²) in [6, 6.07) is 3.42. The zero-order valence-electron chi connectivity index (χ0n) is 10.1. The van der Waals surface area contributed by atoms with Crippen molar-refractivity contribution in [2.24, 2.45) is 5.73 Å². The van der Waals surface area contributed by atoms with Gasteiger partial charge in [0.1, 0.15) is 16.7 Å². The highest BCUT2D eigenvalue weighted by molar-refractivity contribution is 7.80. The summed E-state index contributed by atoms with van der Waals surface area (Å²) in [5.41, 5.74) is 7.02. The van der Waals surface area contributed by atoms with E-state index in [0.717, 1.165) is 25.1 Å². The van der Waals surface area contributed by atoms with Crippen molar-refractivity contribution in [3.05, 3.63) is 24.0 Å². The van der Waals surface area contributed by atoms with Gasteiger partial charge in [0.2, 0.25) is 0 Å². The number of hydrogen-bond donors (Lipinski definition) is 1. The topological polar surface area (TPSA) is 68.5 Å². The summed E-state index contributed by atoms with van der Waals surface area (Å²) in [6.07, 6.45) is 3.35. The minimum absolute atomic E-state index is 0.231. The summed E-state index contributed by atoms with van der Waals surface area (Å²) in [5, 5.41) is 0. The molecule has 96 valence electrons. The first-order valence-electron chi connectivity index (χ1n) is 5.74. The highest BCUT2D eigenvalue weighted by Crippen LogP contribution is 2.28. The van der Waals surface area contributed by atoms with Crippen LogP contribution < -0.4 is 10.6 Å². The lowest BCUT2D eigenvalue weighted by atomic mass is 10.2. The number of ether oxygens (including phenoxy) is 1. The molecule has 1 aromatic heterocycles. The fourth-order valence-corrected chi connectivity index (χ4v) is 2.41. The van der Waals surface area contributed by atoms with Crippen LogP contribution in [0.1, 0.15) is 18.5 Å². The molecule has 0 aromatic carbocycles. The van der Waals surface area contributed by atoms with E-state index in [-0.39, 0.29) is 17.0 Å². The van der Waals surface area contributed by atoms with Gasteiger partial charge in [0.15, 0.2) is 0 Å². The molecule has 0 saturated carbocycles. The molecule has 18 heavy (non-hydrogen) atoms. The third-order valence-electron chi connectivity index (χ3n) is 3.06. The molecule has 1 aliphatic heterocycles. The Kier molecular flexibility index (Phi) is 3.76. The maximum absolute atomic E-state index is 11.7. The normalized spacial score (nSPS) is 18.7. The second kappa shape index (κ2) is 5.30. The van der Waals surface area contributed by atoms with Crippen LogP contribution in [0.25, 0.3) is 0 Å². The molecule has 1 aromatic rings. The van der Waals surface area contributed by atoms with Gasteiger partial charge in [0.05, 0.1) is 12.8 Å². The average molecular weight is 265 g/mol. The van der Waals surface area contributed by atoms with Crippen LogP contribution in [0.4, 0.5) is 5.69 Å². The van der Waals surface area contributed by atoms with Gasteiger partial charge in [-0.2, -0.15) is 0 Å². The molecular formula is C12H15N3O2S. The van der Waals surface area contributed by atoms with Gasteiger partial charge >= 0.3 is 5.97 Å². The lowest BCUT2D eigenvalue weighted by molar-refractivity contribution is -0.141. The maximum atomic E-state index is 11.7. The lowest BCUT2D eigenvalue weighted by Gasteiger charge is -2.26. The Balaban J connectivity index is 2.36. The number of nitrogens with zero attached hydrogens (tertiary/aromatic N) is 2. The van der Waals surface area contributed by atoms with Crippen molar-refractivity contribution in [1.82, 2.24) is 4.98 Å². The number of anilines is 1. The number of methoxy groups -OCH3 is 1. The van der Waals surface area contributed by atoms with Gasteiger partial charge in [-0.05, 0) is 25.0 Å². The second-order valence-corrected chi connectivity index (χ2v) is 4.55. The Hall–Kier alpha value is -1.69. The smallest absolute Gasteiger partial charge is 0.328 e. The van der Waals surface area contributed by atoms with E-state index in [2.05, 4.69) is 4.98 Å². The molecule has 5 nitrogen and oxygen atoms in total. The number of aromatic nitrogens is 1. The molecule has 1 aliphatic rings. The van der Waals surface area contributed by atoms with Crippen molar-refractivity contribution in [3.63, 3.8) is 0 Å². The zero-order chi connectivity index (χ0) is 13.1. The van der Waals surface area contributed by atoms with Gasteiger partial charge in [0, 0.05) is 12.7 Å². The number of pyridine rings is 1. The number of thiocarbonyl (C=S) groups is 1. The van der Waals surface area contributed by atoms with Crippen LogP contribution in [-0.2, 0) is 9.53 Å². The van der Waals surface area contributed by atoms with Gasteiger partial charge in [-0.3, -0.25) is 4.98 Å². The standard InChI is InChI=1S/C12H15N3O2S/c1-17-12(16)9-5-3-7-15(9)8-4-2-6-14-10(8)11(13)18/h2,4,6,9H,3,5,7H2,1H3,(H2,13,18). The van der Waals surface area contributed by atoms with E-state index in [0.29, 0.717) is 5.69 Å². The molecule has 1 unspecified atom stereocenters. The van der Waals surface area contributed by atoms with Crippen LogP contribution in [0.2, 0.25) is 0 Å². The Labute approximate surface area is 111 Å². The molecule has 0 bridgehead atoms. The fourth-order valence-electron chi connectivity index (χ4n) is 2.25. The molecule has 0 amide bonds. The number of carbonyl (C=O) groups is 1. The second-order valence-electron chi connectivity index (χ2n) is 4.11. The predicted octanol–water partition coefficient (Wildman–Crippen LogP) is 0.858. The Morgan fingerprint density at radius 1 is 1.67 bits per heavy atom.